The van der Waals surface area contributed by atoms with Crippen molar-refractivity contribution in [3.8, 4) is 11.3 Å². The van der Waals surface area contributed by atoms with Crippen LogP contribution in [0, 0.1) is 5.82 Å². The molecule has 164 valence electrons. The van der Waals surface area contributed by atoms with Gasteiger partial charge >= 0.3 is 0 Å². The number of pyridine rings is 1. The maximum absolute atomic E-state index is 13.2. The molecule has 1 amide bonds. The van der Waals surface area contributed by atoms with E-state index in [1.807, 2.05) is 11.0 Å². The summed E-state index contributed by atoms with van der Waals surface area (Å²) in [6.07, 6.45) is 8.88. The molecule has 1 aliphatic rings. The zero-order valence-corrected chi connectivity index (χ0v) is 18.6. The number of nitrogens with zero attached hydrogens (tertiary/aromatic N) is 3. The van der Waals surface area contributed by atoms with Gasteiger partial charge in [-0.25, -0.2) is 4.39 Å². The third kappa shape index (κ3) is 5.11. The van der Waals surface area contributed by atoms with Gasteiger partial charge in [-0.15, -0.1) is 0 Å². The van der Waals surface area contributed by atoms with Crippen LogP contribution in [0.1, 0.15) is 34.3 Å². The molecular weight excluding hydrogens is 401 g/mol. The van der Waals surface area contributed by atoms with E-state index in [4.69, 9.17) is 0 Å². The summed E-state index contributed by atoms with van der Waals surface area (Å²) in [5.41, 5.74) is 5.44. The van der Waals surface area contributed by atoms with E-state index >= 15 is 0 Å². The minimum Gasteiger partial charge on any atom is -0.309 e. The summed E-state index contributed by atoms with van der Waals surface area (Å²) < 4.78 is 13.2. The first-order chi connectivity index (χ1) is 15.5. The van der Waals surface area contributed by atoms with Gasteiger partial charge in [0.05, 0.1) is 11.3 Å². The summed E-state index contributed by atoms with van der Waals surface area (Å²) in [6.45, 7) is 1.72. The Bertz CT molecular complexity index is 1100. The maximum atomic E-state index is 13.2. The molecule has 0 bridgehead atoms. The van der Waals surface area contributed by atoms with Crippen LogP contribution < -0.4 is 4.90 Å². The van der Waals surface area contributed by atoms with Gasteiger partial charge in [-0.2, -0.15) is 0 Å². The average molecular weight is 430 g/mol. The van der Waals surface area contributed by atoms with Crippen LogP contribution in [0.15, 0.2) is 66.9 Å². The highest BCUT2D eigenvalue weighted by molar-refractivity contribution is 6.06. The summed E-state index contributed by atoms with van der Waals surface area (Å²) in [6, 6.07) is 16.1. The number of aryl methyl sites for hydroxylation is 1. The van der Waals surface area contributed by atoms with Crippen molar-refractivity contribution in [2.24, 2.45) is 0 Å². The fourth-order valence-electron chi connectivity index (χ4n) is 3.95. The Morgan fingerprint density at radius 1 is 1.12 bits per heavy atom. The van der Waals surface area contributed by atoms with Gasteiger partial charge in [-0.05, 0) is 93.0 Å². The van der Waals surface area contributed by atoms with Gasteiger partial charge in [0.2, 0.25) is 0 Å². The van der Waals surface area contributed by atoms with Crippen molar-refractivity contribution in [3.63, 3.8) is 0 Å². The molecular formula is C27H28FN3O. The van der Waals surface area contributed by atoms with Gasteiger partial charge in [0.1, 0.15) is 5.82 Å². The van der Waals surface area contributed by atoms with Crippen LogP contribution in [-0.4, -0.2) is 43.0 Å². The Morgan fingerprint density at radius 2 is 1.94 bits per heavy atom. The molecule has 4 nitrogen and oxygen atoms in total. The quantitative estimate of drug-likeness (QED) is 0.523. The summed E-state index contributed by atoms with van der Waals surface area (Å²) in [5, 5.41) is 0. The number of fused-ring (bicyclic) bond motifs is 1. The molecule has 1 aliphatic heterocycles. The zero-order chi connectivity index (χ0) is 22.5. The van der Waals surface area contributed by atoms with Crippen molar-refractivity contribution < 1.29 is 9.18 Å². The van der Waals surface area contributed by atoms with Crippen LogP contribution in [0.2, 0.25) is 0 Å². The molecule has 2 aromatic carbocycles. The van der Waals surface area contributed by atoms with Crippen molar-refractivity contribution in [2.75, 3.05) is 32.1 Å². The number of aromatic nitrogens is 1. The number of halogens is 1. The first-order valence-electron chi connectivity index (χ1n) is 11.0. The van der Waals surface area contributed by atoms with Crippen molar-refractivity contribution in [2.45, 2.75) is 19.3 Å². The summed E-state index contributed by atoms with van der Waals surface area (Å²) in [7, 11) is 4.15. The number of rotatable bonds is 6. The van der Waals surface area contributed by atoms with E-state index in [9.17, 15) is 9.18 Å². The van der Waals surface area contributed by atoms with Crippen molar-refractivity contribution >= 4 is 17.7 Å². The molecule has 0 atom stereocenters. The van der Waals surface area contributed by atoms with Crippen LogP contribution in [0.3, 0.4) is 0 Å². The smallest absolute Gasteiger partial charge is 0.259 e. The van der Waals surface area contributed by atoms with Crippen LogP contribution in [0.25, 0.3) is 17.3 Å². The van der Waals surface area contributed by atoms with E-state index in [2.05, 4.69) is 54.3 Å². The monoisotopic (exact) mass is 429 g/mol. The van der Waals surface area contributed by atoms with E-state index < -0.39 is 0 Å². The Hall–Kier alpha value is -3.31. The zero-order valence-electron chi connectivity index (χ0n) is 18.6. The van der Waals surface area contributed by atoms with Crippen molar-refractivity contribution in [1.29, 1.82) is 0 Å². The molecule has 0 saturated heterocycles. The molecule has 0 N–H and O–H groups in total. The van der Waals surface area contributed by atoms with Crippen molar-refractivity contribution in [1.82, 2.24) is 9.88 Å². The minimum absolute atomic E-state index is 0.0432. The van der Waals surface area contributed by atoms with Gasteiger partial charge < -0.3 is 9.80 Å². The fourth-order valence-corrected chi connectivity index (χ4v) is 3.95. The Morgan fingerprint density at radius 3 is 2.66 bits per heavy atom. The standard InChI is InChI=1S/C27H28FN3O/c1-30(2)16-4-3-6-20-8-15-26-22(18-20)7-5-17-31(26)27(32)23-11-14-25(29-19-23)21-9-12-24(28)13-10-21/h3,6,8-15,18-19H,4-5,7,16-17H2,1-2H3. The number of anilines is 1. The maximum Gasteiger partial charge on any atom is 0.259 e. The normalized spacial score (nSPS) is 13.6. The van der Waals surface area contributed by atoms with Crippen LogP contribution in [0.4, 0.5) is 10.1 Å². The molecule has 0 radical (unpaired) electrons. The molecule has 32 heavy (non-hydrogen) atoms. The number of carbonyl (C=O) groups is 1. The number of amides is 1. The molecule has 1 aromatic heterocycles. The van der Waals surface area contributed by atoms with Gasteiger partial charge in [0.15, 0.2) is 0 Å². The lowest BCUT2D eigenvalue weighted by Crippen LogP contribution is -2.35. The molecule has 2 heterocycles. The Labute approximate surface area is 189 Å². The lowest BCUT2D eigenvalue weighted by Gasteiger charge is -2.30. The lowest BCUT2D eigenvalue weighted by molar-refractivity contribution is 0.0985. The second kappa shape index (κ2) is 9.88. The average Bonchev–Trinajstić information content (AvgIpc) is 2.81. The molecule has 0 spiro atoms. The molecule has 4 rings (SSSR count). The number of hydrogen-bond donors (Lipinski definition) is 0. The topological polar surface area (TPSA) is 36.4 Å². The molecule has 5 heteroatoms. The van der Waals surface area contributed by atoms with E-state index in [1.54, 1.807) is 24.4 Å². The molecule has 0 saturated carbocycles. The highest BCUT2D eigenvalue weighted by atomic mass is 19.1. The lowest BCUT2D eigenvalue weighted by atomic mass is 9.98. The van der Waals surface area contributed by atoms with Crippen LogP contribution in [0.5, 0.6) is 0 Å². The molecule has 3 aromatic rings. The molecule has 0 unspecified atom stereocenters. The summed E-state index contributed by atoms with van der Waals surface area (Å²) >= 11 is 0. The van der Waals surface area contributed by atoms with Crippen LogP contribution >= 0.6 is 0 Å². The third-order valence-electron chi connectivity index (χ3n) is 5.67. The first kappa shape index (κ1) is 21.9. The summed E-state index contributed by atoms with van der Waals surface area (Å²) in [5.74, 6) is -0.324. The predicted octanol–water partition coefficient (Wildman–Crippen LogP) is 5.45. The molecule has 0 aliphatic carbocycles. The summed E-state index contributed by atoms with van der Waals surface area (Å²) in [4.78, 5) is 21.7. The SMILES string of the molecule is CN(C)CCC=Cc1ccc2c(c1)CCCN2C(=O)c1ccc(-c2ccc(F)cc2)nc1. The number of benzene rings is 2. The second-order valence-corrected chi connectivity index (χ2v) is 8.38. The Balaban J connectivity index is 1.50. The fraction of sp³-hybridized carbons (Fsp3) is 0.259. The highest BCUT2D eigenvalue weighted by Crippen LogP contribution is 2.30. The van der Waals surface area contributed by atoms with E-state index in [-0.39, 0.29) is 11.7 Å². The van der Waals surface area contributed by atoms with Gasteiger partial charge in [0.25, 0.3) is 5.91 Å². The van der Waals surface area contributed by atoms with Crippen LogP contribution in [-0.2, 0) is 6.42 Å². The number of hydrogen-bond acceptors (Lipinski definition) is 3. The number of carbonyl (C=O) groups excluding carboxylic acids is 1. The van der Waals surface area contributed by atoms with E-state index in [0.717, 1.165) is 37.1 Å². The van der Waals surface area contributed by atoms with Gasteiger partial charge in [0, 0.05) is 30.5 Å². The van der Waals surface area contributed by atoms with E-state index in [0.29, 0.717) is 17.8 Å². The largest absolute Gasteiger partial charge is 0.309 e. The van der Waals surface area contributed by atoms with Crippen molar-refractivity contribution in [3.05, 3.63) is 89.4 Å². The minimum atomic E-state index is -0.281. The predicted molar refractivity (Wildman–Crippen MR) is 128 cm³/mol. The van der Waals surface area contributed by atoms with Gasteiger partial charge in [-0.3, -0.25) is 9.78 Å². The highest BCUT2D eigenvalue weighted by Gasteiger charge is 2.24. The first-order valence-corrected chi connectivity index (χ1v) is 11.0. The van der Waals surface area contributed by atoms with E-state index in [1.165, 1.54) is 23.3 Å². The Kier molecular flexibility index (Phi) is 6.76. The second-order valence-electron chi connectivity index (χ2n) is 8.38. The third-order valence-corrected chi connectivity index (χ3v) is 5.67. The molecule has 0 fully saturated rings. The van der Waals surface area contributed by atoms with Gasteiger partial charge in [-0.1, -0.05) is 18.2 Å².